The van der Waals surface area contributed by atoms with Crippen molar-refractivity contribution in [1.29, 1.82) is 0 Å². The Labute approximate surface area is 176 Å². The van der Waals surface area contributed by atoms with Gasteiger partial charge in [0.2, 0.25) is 0 Å². The van der Waals surface area contributed by atoms with E-state index in [4.69, 9.17) is 4.74 Å². The first-order chi connectivity index (χ1) is 14.7. The van der Waals surface area contributed by atoms with Gasteiger partial charge in [0.1, 0.15) is 12.0 Å². The number of hydrogen-bond donors (Lipinski definition) is 2. The summed E-state index contributed by atoms with van der Waals surface area (Å²) in [6.45, 7) is 6.36. The van der Waals surface area contributed by atoms with Crippen LogP contribution in [0.15, 0.2) is 61.0 Å². The first-order valence-electron chi connectivity index (χ1n) is 10.4. The number of aromatic nitrogens is 1. The Morgan fingerprint density at radius 2 is 1.97 bits per heavy atom. The van der Waals surface area contributed by atoms with Crippen LogP contribution in [0.3, 0.4) is 0 Å². The third-order valence-electron chi connectivity index (χ3n) is 5.88. The van der Waals surface area contributed by atoms with Gasteiger partial charge in [-0.2, -0.15) is 0 Å². The number of aliphatic hydroxyl groups is 1. The van der Waals surface area contributed by atoms with Gasteiger partial charge in [-0.1, -0.05) is 12.1 Å². The van der Waals surface area contributed by atoms with Gasteiger partial charge in [0.05, 0.1) is 17.3 Å². The van der Waals surface area contributed by atoms with E-state index in [9.17, 15) is 5.11 Å². The molecule has 1 atom stereocenters. The van der Waals surface area contributed by atoms with E-state index < -0.39 is 6.10 Å². The van der Waals surface area contributed by atoms with Crippen molar-refractivity contribution >= 4 is 22.3 Å². The third-order valence-corrected chi connectivity index (χ3v) is 5.88. The van der Waals surface area contributed by atoms with E-state index >= 15 is 0 Å². The predicted molar refractivity (Wildman–Crippen MR) is 120 cm³/mol. The molecule has 0 saturated carbocycles. The number of anilines is 2. The molecule has 6 heteroatoms. The average molecular weight is 402 g/mol. The van der Waals surface area contributed by atoms with Crippen LogP contribution in [-0.4, -0.2) is 47.7 Å². The van der Waals surface area contributed by atoms with Crippen molar-refractivity contribution in [3.8, 4) is 5.75 Å². The van der Waals surface area contributed by atoms with E-state index in [1.807, 2.05) is 25.1 Å². The second-order valence-electron chi connectivity index (χ2n) is 7.92. The Kier molecular flexibility index (Phi) is 5.02. The van der Waals surface area contributed by atoms with Crippen molar-refractivity contribution in [2.24, 2.45) is 0 Å². The molecule has 154 valence electrons. The van der Waals surface area contributed by atoms with Crippen LogP contribution in [0.5, 0.6) is 5.75 Å². The van der Waals surface area contributed by atoms with E-state index in [1.165, 1.54) is 11.1 Å². The number of aryl methyl sites for hydroxylation is 1. The van der Waals surface area contributed by atoms with Crippen LogP contribution in [-0.2, 0) is 0 Å². The summed E-state index contributed by atoms with van der Waals surface area (Å²) in [6.07, 6.45) is 2.84. The molecule has 0 aliphatic carbocycles. The number of piperazine rings is 1. The minimum absolute atomic E-state index is 0.528. The highest BCUT2D eigenvalue weighted by Crippen LogP contribution is 2.31. The molecule has 2 aromatic carbocycles. The number of nitrogens with one attached hydrogen (secondary N) is 1. The third kappa shape index (κ3) is 3.72. The van der Waals surface area contributed by atoms with Gasteiger partial charge in [-0.05, 0) is 48.9 Å². The van der Waals surface area contributed by atoms with Gasteiger partial charge in [-0.25, -0.2) is 0 Å². The molecule has 1 fully saturated rings. The van der Waals surface area contributed by atoms with Crippen LogP contribution in [0.2, 0.25) is 0 Å². The van der Waals surface area contributed by atoms with Gasteiger partial charge in [0, 0.05) is 55.7 Å². The maximum atomic E-state index is 10.8. The fourth-order valence-electron chi connectivity index (χ4n) is 4.24. The zero-order valence-electron chi connectivity index (χ0n) is 17.1. The molecule has 30 heavy (non-hydrogen) atoms. The molecule has 1 saturated heterocycles. The summed E-state index contributed by atoms with van der Waals surface area (Å²) in [5.41, 5.74) is 5.12. The molecule has 2 aliphatic rings. The van der Waals surface area contributed by atoms with Crippen LogP contribution < -0.4 is 15.0 Å². The van der Waals surface area contributed by atoms with Crippen LogP contribution in [0.4, 0.5) is 11.4 Å². The zero-order chi connectivity index (χ0) is 20.5. The Hall–Kier alpha value is -3.09. The Morgan fingerprint density at radius 1 is 1.10 bits per heavy atom. The molecule has 0 bridgehead atoms. The molecule has 3 heterocycles. The highest BCUT2D eigenvalue weighted by Gasteiger charge is 2.22. The summed E-state index contributed by atoms with van der Waals surface area (Å²) in [4.78, 5) is 9.42. The molecule has 2 N–H and O–H groups in total. The van der Waals surface area contributed by atoms with Crippen LogP contribution in [0.1, 0.15) is 17.4 Å². The molecule has 5 rings (SSSR count). The summed E-state index contributed by atoms with van der Waals surface area (Å²) in [6, 6.07) is 16.4. The van der Waals surface area contributed by atoms with E-state index in [0.717, 1.165) is 54.4 Å². The SMILES string of the molecule is Cc1ccc2c(N3CCN(CC(O)c4ccc5c(c4)NC=CO5)CC3)cccc2n1. The highest BCUT2D eigenvalue weighted by molar-refractivity contribution is 5.92. The Morgan fingerprint density at radius 3 is 2.83 bits per heavy atom. The lowest BCUT2D eigenvalue weighted by atomic mass is 10.1. The lowest BCUT2D eigenvalue weighted by Gasteiger charge is -2.37. The molecule has 0 radical (unpaired) electrons. The summed E-state index contributed by atoms with van der Waals surface area (Å²) in [7, 11) is 0. The van der Waals surface area contributed by atoms with Gasteiger partial charge in [-0.15, -0.1) is 0 Å². The van der Waals surface area contributed by atoms with Crippen molar-refractivity contribution in [2.45, 2.75) is 13.0 Å². The van der Waals surface area contributed by atoms with E-state index in [1.54, 1.807) is 12.5 Å². The second kappa shape index (κ2) is 7.97. The first-order valence-corrected chi connectivity index (χ1v) is 10.4. The van der Waals surface area contributed by atoms with E-state index in [0.29, 0.717) is 6.54 Å². The summed E-state index contributed by atoms with van der Waals surface area (Å²) in [5, 5.41) is 15.1. The minimum atomic E-state index is -0.528. The maximum absolute atomic E-state index is 10.8. The number of aliphatic hydroxyl groups excluding tert-OH is 1. The van der Waals surface area contributed by atoms with Gasteiger partial charge in [0.25, 0.3) is 0 Å². The standard InChI is InChI=1S/C24H26N4O2/c1-17-5-7-19-20(26-17)3-2-4-22(19)28-12-10-27(11-13-28)16-23(29)18-6-8-24-21(15-18)25-9-14-30-24/h2-9,14-15,23,25,29H,10-13,16H2,1H3. The average Bonchev–Trinajstić information content (AvgIpc) is 2.78. The van der Waals surface area contributed by atoms with Crippen molar-refractivity contribution < 1.29 is 9.84 Å². The largest absolute Gasteiger partial charge is 0.461 e. The summed E-state index contributed by atoms with van der Waals surface area (Å²) >= 11 is 0. The number of nitrogens with zero attached hydrogens (tertiary/aromatic N) is 3. The van der Waals surface area contributed by atoms with Crippen molar-refractivity contribution in [2.75, 3.05) is 42.9 Å². The monoisotopic (exact) mass is 402 g/mol. The van der Waals surface area contributed by atoms with Gasteiger partial charge in [-0.3, -0.25) is 9.88 Å². The molecule has 1 unspecified atom stereocenters. The number of fused-ring (bicyclic) bond motifs is 2. The summed E-state index contributed by atoms with van der Waals surface area (Å²) in [5.74, 6) is 0.779. The fourth-order valence-corrected chi connectivity index (χ4v) is 4.24. The molecular weight excluding hydrogens is 376 g/mol. The maximum Gasteiger partial charge on any atom is 0.150 e. The van der Waals surface area contributed by atoms with Gasteiger partial charge in [0.15, 0.2) is 0 Å². The van der Waals surface area contributed by atoms with E-state index in [-0.39, 0.29) is 0 Å². The molecule has 6 nitrogen and oxygen atoms in total. The second-order valence-corrected chi connectivity index (χ2v) is 7.92. The lowest BCUT2D eigenvalue weighted by molar-refractivity contribution is 0.109. The molecule has 0 spiro atoms. The molecule has 1 aromatic heterocycles. The topological polar surface area (TPSA) is 60.9 Å². The molecule has 2 aliphatic heterocycles. The Balaban J connectivity index is 1.24. The molecule has 3 aromatic rings. The van der Waals surface area contributed by atoms with Crippen LogP contribution in [0, 0.1) is 6.92 Å². The first kappa shape index (κ1) is 18.9. The zero-order valence-corrected chi connectivity index (χ0v) is 17.1. The number of ether oxygens (including phenoxy) is 1. The predicted octanol–water partition coefficient (Wildman–Crippen LogP) is 3.67. The summed E-state index contributed by atoms with van der Waals surface area (Å²) < 4.78 is 5.45. The molecule has 0 amide bonds. The Bertz CT molecular complexity index is 1090. The van der Waals surface area contributed by atoms with Crippen molar-refractivity contribution in [3.63, 3.8) is 0 Å². The van der Waals surface area contributed by atoms with Crippen molar-refractivity contribution in [1.82, 2.24) is 9.88 Å². The minimum Gasteiger partial charge on any atom is -0.461 e. The number of pyridine rings is 1. The van der Waals surface area contributed by atoms with E-state index in [2.05, 4.69) is 50.4 Å². The number of rotatable bonds is 4. The highest BCUT2D eigenvalue weighted by atomic mass is 16.5. The van der Waals surface area contributed by atoms with Crippen LogP contribution >= 0.6 is 0 Å². The van der Waals surface area contributed by atoms with Crippen molar-refractivity contribution in [3.05, 3.63) is 72.3 Å². The lowest BCUT2D eigenvalue weighted by Crippen LogP contribution is -2.47. The number of benzene rings is 2. The van der Waals surface area contributed by atoms with Crippen LogP contribution in [0.25, 0.3) is 10.9 Å². The smallest absolute Gasteiger partial charge is 0.150 e. The normalized spacial score (nSPS) is 17.3. The van der Waals surface area contributed by atoms with Gasteiger partial charge >= 0.3 is 0 Å². The fraction of sp³-hybridized carbons (Fsp3) is 0.292. The quantitative estimate of drug-likeness (QED) is 0.694. The molecular formula is C24H26N4O2. The number of β-amino-alcohol motifs (C(OH)–C–C–N with tert-alkyl or cyclic N) is 1. The number of hydrogen-bond acceptors (Lipinski definition) is 6. The van der Waals surface area contributed by atoms with Gasteiger partial charge < -0.3 is 20.1 Å².